The third-order valence-corrected chi connectivity index (χ3v) is 4.54. The average Bonchev–Trinajstić information content (AvgIpc) is 2.46. The molecule has 0 bridgehead atoms. The van der Waals surface area contributed by atoms with E-state index in [4.69, 9.17) is 11.6 Å². The van der Waals surface area contributed by atoms with E-state index in [1.165, 1.54) is 5.56 Å². The van der Waals surface area contributed by atoms with E-state index < -0.39 is 0 Å². The molecule has 0 aromatic heterocycles. The van der Waals surface area contributed by atoms with Crippen molar-refractivity contribution in [1.29, 1.82) is 0 Å². The van der Waals surface area contributed by atoms with Gasteiger partial charge in [0.25, 0.3) is 0 Å². The van der Waals surface area contributed by atoms with Crippen molar-refractivity contribution >= 4 is 33.2 Å². The molecule has 2 rings (SSSR count). The minimum Gasteiger partial charge on any atom is -0.392 e. The number of hydrogen-bond acceptors (Lipinski definition) is 2. The number of aliphatic hydroxyl groups excluding tert-OH is 1. The number of aliphatic hydroxyl groups is 1. The SMILES string of the molecule is CC(c1ccc(Cl)cc1)N(C)c1ccc(CO)c(Br)c1. The summed E-state index contributed by atoms with van der Waals surface area (Å²) >= 11 is 9.41. The van der Waals surface area contributed by atoms with Gasteiger partial charge in [0.15, 0.2) is 0 Å². The molecule has 2 aromatic rings. The zero-order chi connectivity index (χ0) is 14.7. The van der Waals surface area contributed by atoms with E-state index in [9.17, 15) is 5.11 Å². The largest absolute Gasteiger partial charge is 0.392 e. The smallest absolute Gasteiger partial charge is 0.0692 e. The highest BCUT2D eigenvalue weighted by atomic mass is 79.9. The van der Waals surface area contributed by atoms with E-state index in [0.717, 1.165) is 20.7 Å². The Kier molecular flexibility index (Phi) is 5.08. The normalized spacial score (nSPS) is 12.2. The summed E-state index contributed by atoms with van der Waals surface area (Å²) in [6.45, 7) is 2.19. The maximum absolute atomic E-state index is 9.21. The molecule has 2 nitrogen and oxygen atoms in total. The zero-order valence-electron chi connectivity index (χ0n) is 11.5. The topological polar surface area (TPSA) is 23.5 Å². The molecule has 0 aliphatic rings. The van der Waals surface area contributed by atoms with Gasteiger partial charge in [0, 0.05) is 22.2 Å². The molecule has 0 fully saturated rings. The molecule has 0 saturated carbocycles. The van der Waals surface area contributed by atoms with Crippen molar-refractivity contribution in [2.24, 2.45) is 0 Å². The molecule has 0 saturated heterocycles. The monoisotopic (exact) mass is 353 g/mol. The molecule has 0 amide bonds. The molecular formula is C16H17BrClNO. The zero-order valence-corrected chi connectivity index (χ0v) is 13.8. The van der Waals surface area contributed by atoms with E-state index >= 15 is 0 Å². The van der Waals surface area contributed by atoms with Gasteiger partial charge >= 0.3 is 0 Å². The van der Waals surface area contributed by atoms with Crippen molar-refractivity contribution in [3.8, 4) is 0 Å². The van der Waals surface area contributed by atoms with Crippen LogP contribution < -0.4 is 4.90 Å². The Morgan fingerprint density at radius 1 is 1.20 bits per heavy atom. The second-order valence-electron chi connectivity index (χ2n) is 4.77. The minimum absolute atomic E-state index is 0.0390. The van der Waals surface area contributed by atoms with Crippen LogP contribution in [-0.4, -0.2) is 12.2 Å². The fourth-order valence-electron chi connectivity index (χ4n) is 2.07. The Hall–Kier alpha value is -1.03. The van der Waals surface area contributed by atoms with Crippen LogP contribution >= 0.6 is 27.5 Å². The van der Waals surface area contributed by atoms with Crippen LogP contribution in [0.3, 0.4) is 0 Å². The van der Waals surface area contributed by atoms with Crippen LogP contribution in [0, 0.1) is 0 Å². The van der Waals surface area contributed by atoms with Crippen LogP contribution in [0.1, 0.15) is 24.1 Å². The van der Waals surface area contributed by atoms with Gasteiger partial charge in [-0.05, 0) is 42.3 Å². The Labute approximate surface area is 133 Å². The number of rotatable bonds is 4. The fraction of sp³-hybridized carbons (Fsp3) is 0.250. The van der Waals surface area contributed by atoms with Crippen LogP contribution in [0.5, 0.6) is 0 Å². The molecule has 106 valence electrons. The van der Waals surface area contributed by atoms with Gasteiger partial charge in [0.2, 0.25) is 0 Å². The Bertz CT molecular complexity index is 586. The minimum atomic E-state index is 0.0390. The molecular weight excluding hydrogens is 338 g/mol. The Morgan fingerprint density at radius 3 is 2.40 bits per heavy atom. The van der Waals surface area contributed by atoms with E-state index in [2.05, 4.69) is 34.8 Å². The highest BCUT2D eigenvalue weighted by Gasteiger charge is 2.13. The molecule has 4 heteroatoms. The van der Waals surface area contributed by atoms with Gasteiger partial charge in [0.1, 0.15) is 0 Å². The van der Waals surface area contributed by atoms with Crippen molar-refractivity contribution in [3.05, 3.63) is 63.1 Å². The first-order valence-electron chi connectivity index (χ1n) is 6.40. The number of anilines is 1. The summed E-state index contributed by atoms with van der Waals surface area (Å²) in [5.41, 5.74) is 3.19. The third-order valence-electron chi connectivity index (χ3n) is 3.55. The predicted molar refractivity (Wildman–Crippen MR) is 88.3 cm³/mol. The van der Waals surface area contributed by atoms with Crippen LogP contribution in [-0.2, 0) is 6.61 Å². The highest BCUT2D eigenvalue weighted by molar-refractivity contribution is 9.10. The van der Waals surface area contributed by atoms with Crippen molar-refractivity contribution < 1.29 is 5.11 Å². The summed E-state index contributed by atoms with van der Waals surface area (Å²) in [6.07, 6.45) is 0. The van der Waals surface area contributed by atoms with Gasteiger partial charge < -0.3 is 10.0 Å². The molecule has 2 aromatic carbocycles. The first-order valence-corrected chi connectivity index (χ1v) is 7.57. The second kappa shape index (κ2) is 6.61. The van der Waals surface area contributed by atoms with Gasteiger partial charge in [-0.25, -0.2) is 0 Å². The molecule has 0 radical (unpaired) electrons. The van der Waals surface area contributed by atoms with Crippen molar-refractivity contribution in [1.82, 2.24) is 0 Å². The van der Waals surface area contributed by atoms with Gasteiger partial charge in [-0.3, -0.25) is 0 Å². The Balaban J connectivity index is 2.24. The quantitative estimate of drug-likeness (QED) is 0.853. The van der Waals surface area contributed by atoms with Crippen molar-refractivity contribution in [2.75, 3.05) is 11.9 Å². The summed E-state index contributed by atoms with van der Waals surface area (Å²) in [4.78, 5) is 2.19. The maximum atomic E-state index is 9.21. The summed E-state index contributed by atoms with van der Waals surface area (Å²) in [6, 6.07) is 14.1. The van der Waals surface area contributed by atoms with E-state index in [1.807, 2.05) is 42.5 Å². The molecule has 1 N–H and O–H groups in total. The average molecular weight is 355 g/mol. The highest BCUT2D eigenvalue weighted by Crippen LogP contribution is 2.29. The predicted octanol–water partition coefficient (Wildman–Crippen LogP) is 4.79. The third kappa shape index (κ3) is 3.35. The summed E-state index contributed by atoms with van der Waals surface area (Å²) in [5.74, 6) is 0. The maximum Gasteiger partial charge on any atom is 0.0692 e. The van der Waals surface area contributed by atoms with E-state index in [-0.39, 0.29) is 12.6 Å². The number of benzene rings is 2. The summed E-state index contributed by atoms with van der Waals surface area (Å²) < 4.78 is 0.924. The fourth-order valence-corrected chi connectivity index (χ4v) is 2.69. The molecule has 0 spiro atoms. The standard InChI is InChI=1S/C16H17BrClNO/c1-11(12-3-6-14(18)7-4-12)19(2)15-8-5-13(10-20)16(17)9-15/h3-9,11,20H,10H2,1-2H3. The first-order chi connectivity index (χ1) is 9.52. The number of halogens is 2. The first kappa shape index (κ1) is 15.4. The summed E-state index contributed by atoms with van der Waals surface area (Å²) in [5, 5.41) is 9.95. The molecule has 0 heterocycles. The lowest BCUT2D eigenvalue weighted by atomic mass is 10.1. The van der Waals surface area contributed by atoms with Gasteiger partial charge in [0.05, 0.1) is 12.6 Å². The second-order valence-corrected chi connectivity index (χ2v) is 6.06. The molecule has 0 aliphatic carbocycles. The molecule has 1 atom stereocenters. The summed E-state index contributed by atoms with van der Waals surface area (Å²) in [7, 11) is 2.06. The van der Waals surface area contributed by atoms with Gasteiger partial charge in [-0.1, -0.05) is 45.7 Å². The van der Waals surface area contributed by atoms with Gasteiger partial charge in [-0.15, -0.1) is 0 Å². The van der Waals surface area contributed by atoms with E-state index in [1.54, 1.807) is 0 Å². The van der Waals surface area contributed by atoms with Crippen LogP contribution in [0.2, 0.25) is 5.02 Å². The Morgan fingerprint density at radius 2 is 1.85 bits per heavy atom. The van der Waals surface area contributed by atoms with Crippen LogP contribution in [0.4, 0.5) is 5.69 Å². The van der Waals surface area contributed by atoms with Crippen LogP contribution in [0.15, 0.2) is 46.9 Å². The molecule has 20 heavy (non-hydrogen) atoms. The van der Waals surface area contributed by atoms with Crippen molar-refractivity contribution in [2.45, 2.75) is 19.6 Å². The number of hydrogen-bond donors (Lipinski definition) is 1. The van der Waals surface area contributed by atoms with Gasteiger partial charge in [-0.2, -0.15) is 0 Å². The van der Waals surface area contributed by atoms with Crippen molar-refractivity contribution in [3.63, 3.8) is 0 Å². The molecule has 1 unspecified atom stereocenters. The van der Waals surface area contributed by atoms with E-state index in [0.29, 0.717) is 0 Å². The lowest BCUT2D eigenvalue weighted by molar-refractivity contribution is 0.281. The lowest BCUT2D eigenvalue weighted by Crippen LogP contribution is -2.21. The molecule has 0 aliphatic heterocycles. The lowest BCUT2D eigenvalue weighted by Gasteiger charge is -2.28. The number of nitrogens with zero attached hydrogens (tertiary/aromatic N) is 1. The van der Waals surface area contributed by atoms with Crippen LogP contribution in [0.25, 0.3) is 0 Å².